The van der Waals surface area contributed by atoms with E-state index in [1.54, 1.807) is 24.8 Å². The van der Waals surface area contributed by atoms with Crippen LogP contribution in [0.25, 0.3) is 5.57 Å². The van der Waals surface area contributed by atoms with Crippen molar-refractivity contribution in [1.29, 1.82) is 0 Å². The number of fused-ring (bicyclic) bond motifs is 3. The van der Waals surface area contributed by atoms with Crippen molar-refractivity contribution in [1.82, 2.24) is 0 Å². The molecule has 4 N–H and O–H groups in total. The first kappa shape index (κ1) is 29.4. The Hall–Kier alpha value is -2.60. The van der Waals surface area contributed by atoms with Crippen LogP contribution in [0.3, 0.4) is 0 Å². The molecule has 0 saturated carbocycles. The van der Waals surface area contributed by atoms with Gasteiger partial charge in [0.15, 0.2) is 11.5 Å². The maximum atomic E-state index is 12.2. The van der Waals surface area contributed by atoms with E-state index in [0.29, 0.717) is 25.0 Å². The minimum absolute atomic E-state index is 0.0435. The number of allylic oxidation sites excluding steroid dienone is 6. The van der Waals surface area contributed by atoms with Crippen molar-refractivity contribution in [2.24, 2.45) is 5.92 Å². The van der Waals surface area contributed by atoms with Gasteiger partial charge in [-0.25, -0.2) is 0 Å². The number of ether oxygens (including phenoxy) is 4. The monoisotopic (exact) mass is 560 g/mol. The van der Waals surface area contributed by atoms with Gasteiger partial charge in [0.2, 0.25) is 12.0 Å². The topological polar surface area (TPSA) is 135 Å². The largest absolute Gasteiger partial charge is 0.492 e. The average Bonchev–Trinajstić information content (AvgIpc) is 3.16. The Labute approximate surface area is 232 Å². The van der Waals surface area contributed by atoms with Gasteiger partial charge in [-0.05, 0) is 66.4 Å². The Morgan fingerprint density at radius 1 is 1.13 bits per heavy atom. The third-order valence-corrected chi connectivity index (χ3v) is 8.21. The van der Waals surface area contributed by atoms with E-state index in [1.807, 2.05) is 24.5 Å². The Morgan fingerprint density at radius 2 is 1.85 bits per heavy atom. The molecule has 0 spiro atoms. The van der Waals surface area contributed by atoms with Gasteiger partial charge < -0.3 is 44.2 Å². The first-order valence-corrected chi connectivity index (χ1v) is 14.0. The second-order valence-corrected chi connectivity index (χ2v) is 10.7. The maximum Gasteiger partial charge on any atom is 0.229 e. The summed E-state index contributed by atoms with van der Waals surface area (Å²) in [5.74, 6) is 0.901. The molecule has 9 nitrogen and oxygen atoms in total. The summed E-state index contributed by atoms with van der Waals surface area (Å²) < 4.78 is 23.2. The van der Waals surface area contributed by atoms with E-state index in [0.717, 1.165) is 32.8 Å². The number of ketones is 1. The quantitative estimate of drug-likeness (QED) is 0.376. The van der Waals surface area contributed by atoms with Crippen LogP contribution < -0.4 is 14.2 Å². The third kappa shape index (κ3) is 5.68. The highest BCUT2D eigenvalue weighted by molar-refractivity contribution is 8.02. The van der Waals surface area contributed by atoms with Gasteiger partial charge in [0.1, 0.15) is 30.2 Å². The molecule has 2 aliphatic carbocycles. The fourth-order valence-corrected chi connectivity index (χ4v) is 5.96. The van der Waals surface area contributed by atoms with Crippen molar-refractivity contribution in [2.75, 3.05) is 27.1 Å². The number of benzene rings is 1. The predicted octanol–water partition coefficient (Wildman–Crippen LogP) is 2.55. The van der Waals surface area contributed by atoms with Gasteiger partial charge in [0.05, 0.1) is 20.8 Å². The van der Waals surface area contributed by atoms with Crippen molar-refractivity contribution in [3.05, 3.63) is 58.1 Å². The molecule has 1 aromatic rings. The summed E-state index contributed by atoms with van der Waals surface area (Å²) in [5.41, 5.74) is 4.45. The minimum atomic E-state index is -1.59. The van der Waals surface area contributed by atoms with Gasteiger partial charge in [0, 0.05) is 16.9 Å². The lowest BCUT2D eigenvalue weighted by Gasteiger charge is -2.39. The van der Waals surface area contributed by atoms with Crippen molar-refractivity contribution < 1.29 is 44.2 Å². The molecule has 1 saturated heterocycles. The number of carbonyl (C=O) groups excluding carboxylic acids is 1. The molecule has 1 aromatic carbocycles. The molecular weight excluding hydrogens is 524 g/mol. The zero-order valence-corrected chi connectivity index (χ0v) is 23.4. The first-order valence-electron chi connectivity index (χ1n) is 12.8. The summed E-state index contributed by atoms with van der Waals surface area (Å²) >= 11 is 1.59. The van der Waals surface area contributed by atoms with Crippen LogP contribution in [0.5, 0.6) is 17.2 Å². The number of aliphatic hydroxyl groups excluding tert-OH is 4. The molecule has 10 heteroatoms. The van der Waals surface area contributed by atoms with Crippen molar-refractivity contribution >= 4 is 23.1 Å². The number of methoxy groups -OCH3 is 2. The van der Waals surface area contributed by atoms with E-state index in [9.17, 15) is 25.2 Å². The average molecular weight is 561 g/mol. The Bertz CT molecular complexity index is 1220. The first-order chi connectivity index (χ1) is 18.6. The van der Waals surface area contributed by atoms with Gasteiger partial charge in [0.25, 0.3) is 0 Å². The number of hydrogen-bond acceptors (Lipinski definition) is 10. The van der Waals surface area contributed by atoms with Crippen LogP contribution in [0.15, 0.2) is 46.9 Å². The molecule has 0 aromatic heterocycles. The van der Waals surface area contributed by atoms with Crippen molar-refractivity contribution in [2.45, 2.75) is 56.9 Å². The molecular formula is C29H36O9S. The molecule has 1 aliphatic heterocycles. The standard InChI is InChI=1S/C29H36O9S/c1-14-10-19-16(11-15(2)31)6-7-17-12-20(37-29-26(34)25(33)24(32)21(13-30)38-29)27(35-3)28(36-4)23(17)18(19)8-9-22(14)39-5/h8-10,12,16,21,24-26,29-30,32-34H,1,6-7,11,13H2,2-5H3/t16?,21-,24-,25+,26-,29-/m1/s1. The van der Waals surface area contributed by atoms with Crippen molar-refractivity contribution in [3.8, 4) is 17.2 Å². The summed E-state index contributed by atoms with van der Waals surface area (Å²) in [5, 5.41) is 40.5. The summed E-state index contributed by atoms with van der Waals surface area (Å²) in [4.78, 5) is 13.3. The fraction of sp³-hybridized carbons (Fsp3) is 0.483. The van der Waals surface area contributed by atoms with E-state index in [2.05, 4.69) is 6.58 Å². The highest BCUT2D eigenvalue weighted by atomic mass is 32.2. The van der Waals surface area contributed by atoms with Crippen LogP contribution in [0, 0.1) is 5.92 Å². The number of aryl methyl sites for hydroxylation is 1. The molecule has 4 rings (SSSR count). The van der Waals surface area contributed by atoms with Gasteiger partial charge in [-0.15, -0.1) is 11.8 Å². The molecule has 3 aliphatic rings. The lowest BCUT2D eigenvalue weighted by atomic mass is 9.85. The molecule has 0 amide bonds. The van der Waals surface area contributed by atoms with E-state index in [-0.39, 0.29) is 23.2 Å². The number of aliphatic hydroxyl groups is 4. The molecule has 1 unspecified atom stereocenters. The van der Waals surface area contributed by atoms with Gasteiger partial charge in [-0.1, -0.05) is 18.7 Å². The maximum absolute atomic E-state index is 12.2. The smallest absolute Gasteiger partial charge is 0.229 e. The van der Waals surface area contributed by atoms with E-state index in [1.165, 1.54) is 14.2 Å². The molecule has 212 valence electrons. The van der Waals surface area contributed by atoms with Crippen LogP contribution in [0.4, 0.5) is 0 Å². The van der Waals surface area contributed by atoms with Gasteiger partial charge in [-0.2, -0.15) is 0 Å². The van der Waals surface area contributed by atoms with Crippen molar-refractivity contribution in [3.63, 3.8) is 0 Å². The summed E-state index contributed by atoms with van der Waals surface area (Å²) in [6.07, 6.45) is 2.54. The van der Waals surface area contributed by atoms with E-state index >= 15 is 0 Å². The molecule has 0 bridgehead atoms. The highest BCUT2D eigenvalue weighted by Crippen LogP contribution is 2.51. The number of Topliss-reactive ketones (excluding diaryl/α,β-unsaturated/α-hetero) is 1. The van der Waals surface area contributed by atoms with Gasteiger partial charge >= 0.3 is 0 Å². The fourth-order valence-electron chi connectivity index (χ4n) is 5.43. The second-order valence-electron chi connectivity index (χ2n) is 9.87. The zero-order valence-electron chi connectivity index (χ0n) is 22.5. The number of carbonyl (C=O) groups is 1. The zero-order chi connectivity index (χ0) is 28.4. The predicted molar refractivity (Wildman–Crippen MR) is 148 cm³/mol. The van der Waals surface area contributed by atoms with Gasteiger partial charge in [-0.3, -0.25) is 0 Å². The number of rotatable bonds is 8. The lowest BCUT2D eigenvalue weighted by molar-refractivity contribution is -0.277. The second kappa shape index (κ2) is 12.3. The summed E-state index contributed by atoms with van der Waals surface area (Å²) in [7, 11) is 2.99. The Balaban J connectivity index is 1.86. The van der Waals surface area contributed by atoms with Crippen LogP contribution in [0.1, 0.15) is 30.9 Å². The Morgan fingerprint density at radius 3 is 2.46 bits per heavy atom. The SMILES string of the molecule is C=C1C=C2C(=CC=C1SC)c1c(cc(O[C@@H]3O[C@H](CO)[C@@H](O)[C@H](O)[C@H]3O)c(OC)c1OC)CCC2CC(C)=O. The highest BCUT2D eigenvalue weighted by Gasteiger charge is 2.45. The minimum Gasteiger partial charge on any atom is -0.492 e. The molecule has 0 radical (unpaired) electrons. The van der Waals surface area contributed by atoms with Crippen LogP contribution in [-0.2, 0) is 16.0 Å². The number of thioether (sulfide) groups is 1. The molecule has 6 atom stereocenters. The Kier molecular flexibility index (Phi) is 9.25. The van der Waals surface area contributed by atoms with E-state index in [4.69, 9.17) is 18.9 Å². The lowest BCUT2D eigenvalue weighted by Crippen LogP contribution is -2.60. The van der Waals surface area contributed by atoms with Crippen LogP contribution in [-0.4, -0.2) is 84.0 Å². The van der Waals surface area contributed by atoms with Crippen LogP contribution >= 0.6 is 11.8 Å². The third-order valence-electron chi connectivity index (χ3n) is 7.37. The molecule has 1 fully saturated rings. The number of hydrogen-bond donors (Lipinski definition) is 4. The normalized spacial score (nSPS) is 28.6. The van der Waals surface area contributed by atoms with E-state index < -0.39 is 37.3 Å². The van der Waals surface area contributed by atoms with Crippen LogP contribution in [0.2, 0.25) is 0 Å². The molecule has 39 heavy (non-hydrogen) atoms. The summed E-state index contributed by atoms with van der Waals surface area (Å²) in [6.45, 7) is 5.27. The molecule has 1 heterocycles. The summed E-state index contributed by atoms with van der Waals surface area (Å²) in [6, 6.07) is 1.78.